The van der Waals surface area contributed by atoms with Crippen LogP contribution in [0.15, 0.2) is 30.3 Å². The Kier molecular flexibility index (Phi) is 5.84. The van der Waals surface area contributed by atoms with E-state index in [-0.39, 0.29) is 5.91 Å². The molecule has 0 saturated heterocycles. The fourth-order valence-electron chi connectivity index (χ4n) is 1.85. The summed E-state index contributed by atoms with van der Waals surface area (Å²) in [6.45, 7) is 2.05. The van der Waals surface area contributed by atoms with Crippen LogP contribution in [0, 0.1) is 3.57 Å². The lowest BCUT2D eigenvalue weighted by Crippen LogP contribution is -2.13. The molecule has 0 saturated carbocycles. The van der Waals surface area contributed by atoms with Crippen LogP contribution >= 0.6 is 45.8 Å². The van der Waals surface area contributed by atoms with Gasteiger partial charge in [0.05, 0.1) is 5.69 Å². The van der Waals surface area contributed by atoms with Crippen molar-refractivity contribution in [3.05, 3.63) is 55.3 Å². The van der Waals surface area contributed by atoms with Gasteiger partial charge in [-0.1, -0.05) is 36.5 Å². The highest BCUT2D eigenvalue weighted by molar-refractivity contribution is 14.1. The van der Waals surface area contributed by atoms with E-state index in [2.05, 4.69) is 39.8 Å². The summed E-state index contributed by atoms with van der Waals surface area (Å²) in [6.07, 6.45) is 1.74. The van der Waals surface area contributed by atoms with Crippen LogP contribution in [0.1, 0.15) is 29.4 Å². The second kappa shape index (κ2) is 7.42. The smallest absolute Gasteiger partial charge is 0.255 e. The minimum absolute atomic E-state index is 0.211. The van der Waals surface area contributed by atoms with Crippen molar-refractivity contribution in [1.29, 1.82) is 0 Å². The van der Waals surface area contributed by atoms with E-state index in [0.29, 0.717) is 15.7 Å². The van der Waals surface area contributed by atoms with Crippen LogP contribution in [-0.4, -0.2) is 10.9 Å². The van der Waals surface area contributed by atoms with Gasteiger partial charge in [0, 0.05) is 19.9 Å². The summed E-state index contributed by atoms with van der Waals surface area (Å²) in [5.74, 6) is -0.211. The van der Waals surface area contributed by atoms with Gasteiger partial charge < -0.3 is 5.32 Å². The van der Waals surface area contributed by atoms with Crippen LogP contribution in [0.5, 0.6) is 0 Å². The monoisotopic (exact) mass is 434 g/mol. The molecule has 0 fully saturated rings. The average Bonchev–Trinajstić information content (AvgIpc) is 2.41. The number of amides is 1. The quantitative estimate of drug-likeness (QED) is 0.530. The zero-order valence-corrected chi connectivity index (χ0v) is 15.0. The molecule has 0 aliphatic rings. The van der Waals surface area contributed by atoms with E-state index in [9.17, 15) is 4.79 Å². The van der Waals surface area contributed by atoms with Crippen molar-refractivity contribution < 1.29 is 4.79 Å². The van der Waals surface area contributed by atoms with Crippen molar-refractivity contribution in [2.75, 3.05) is 5.32 Å². The number of aromatic nitrogens is 1. The molecule has 1 aromatic carbocycles. The Morgan fingerprint density at radius 3 is 2.71 bits per heavy atom. The standard InChI is InChI=1S/C15H13Cl2IN2O/c1-2-3-11-6-9(7-14(17)19-11)15(21)20-13-5-4-10(16)8-12(13)18/h4-8H,2-3H2,1H3,(H,20,21). The highest BCUT2D eigenvalue weighted by Gasteiger charge is 2.11. The van der Waals surface area contributed by atoms with Crippen LogP contribution in [0.4, 0.5) is 5.69 Å². The molecule has 1 N–H and O–H groups in total. The molecule has 1 amide bonds. The molecule has 1 heterocycles. The third-order valence-corrected chi connectivity index (χ3v) is 4.12. The molecule has 2 rings (SSSR count). The summed E-state index contributed by atoms with van der Waals surface area (Å²) in [5.41, 5.74) is 2.04. The molecule has 0 radical (unpaired) electrons. The largest absolute Gasteiger partial charge is 0.321 e. The zero-order chi connectivity index (χ0) is 15.4. The Bertz CT molecular complexity index is 677. The lowest BCUT2D eigenvalue weighted by atomic mass is 10.1. The zero-order valence-electron chi connectivity index (χ0n) is 11.3. The van der Waals surface area contributed by atoms with E-state index in [1.807, 2.05) is 0 Å². The van der Waals surface area contributed by atoms with Gasteiger partial charge in [0.15, 0.2) is 0 Å². The van der Waals surface area contributed by atoms with Gasteiger partial charge in [-0.05, 0) is 59.3 Å². The van der Waals surface area contributed by atoms with Crippen molar-refractivity contribution in [3.63, 3.8) is 0 Å². The van der Waals surface area contributed by atoms with Gasteiger partial charge in [0.1, 0.15) is 5.15 Å². The number of hydrogen-bond acceptors (Lipinski definition) is 2. The van der Waals surface area contributed by atoms with E-state index in [1.165, 1.54) is 0 Å². The minimum atomic E-state index is -0.211. The van der Waals surface area contributed by atoms with E-state index in [4.69, 9.17) is 23.2 Å². The normalized spacial score (nSPS) is 10.5. The SMILES string of the molecule is CCCc1cc(C(=O)Nc2ccc(Cl)cc2I)cc(Cl)n1. The van der Waals surface area contributed by atoms with Gasteiger partial charge in [0.2, 0.25) is 0 Å². The van der Waals surface area contributed by atoms with E-state index < -0.39 is 0 Å². The Hall–Kier alpha value is -0.850. The molecule has 0 aliphatic carbocycles. The van der Waals surface area contributed by atoms with Gasteiger partial charge in [-0.25, -0.2) is 4.98 Å². The van der Waals surface area contributed by atoms with Crippen molar-refractivity contribution in [3.8, 4) is 0 Å². The van der Waals surface area contributed by atoms with Gasteiger partial charge >= 0.3 is 0 Å². The summed E-state index contributed by atoms with van der Waals surface area (Å²) in [7, 11) is 0. The van der Waals surface area contributed by atoms with Crippen LogP contribution in [-0.2, 0) is 6.42 Å². The Labute approximate surface area is 147 Å². The Morgan fingerprint density at radius 2 is 2.05 bits per heavy atom. The van der Waals surface area contributed by atoms with Crippen molar-refractivity contribution in [2.45, 2.75) is 19.8 Å². The molecule has 0 atom stereocenters. The predicted octanol–water partition coefficient (Wildman–Crippen LogP) is 5.20. The van der Waals surface area contributed by atoms with Crippen molar-refractivity contribution in [2.24, 2.45) is 0 Å². The van der Waals surface area contributed by atoms with Crippen LogP contribution < -0.4 is 5.32 Å². The molecule has 110 valence electrons. The molecule has 21 heavy (non-hydrogen) atoms. The van der Waals surface area contributed by atoms with Crippen LogP contribution in [0.2, 0.25) is 10.2 Å². The molecule has 0 aliphatic heterocycles. The lowest BCUT2D eigenvalue weighted by Gasteiger charge is -2.09. The average molecular weight is 435 g/mol. The van der Waals surface area contributed by atoms with Crippen LogP contribution in [0.3, 0.4) is 0 Å². The van der Waals surface area contributed by atoms with Crippen molar-refractivity contribution in [1.82, 2.24) is 4.98 Å². The fourth-order valence-corrected chi connectivity index (χ4v) is 3.08. The highest BCUT2D eigenvalue weighted by Crippen LogP contribution is 2.23. The third kappa shape index (κ3) is 4.56. The Morgan fingerprint density at radius 1 is 1.29 bits per heavy atom. The van der Waals surface area contributed by atoms with Gasteiger partial charge in [0.25, 0.3) is 5.91 Å². The summed E-state index contributed by atoms with van der Waals surface area (Å²) < 4.78 is 0.877. The number of carbonyl (C=O) groups excluding carboxylic acids is 1. The number of nitrogens with zero attached hydrogens (tertiary/aromatic N) is 1. The summed E-state index contributed by atoms with van der Waals surface area (Å²) in [6, 6.07) is 8.64. The number of carbonyl (C=O) groups is 1. The molecule has 0 unspecified atom stereocenters. The number of rotatable bonds is 4. The minimum Gasteiger partial charge on any atom is -0.321 e. The molecular formula is C15H13Cl2IN2O. The summed E-state index contributed by atoms with van der Waals surface area (Å²) in [5, 5.41) is 3.82. The third-order valence-electron chi connectivity index (χ3n) is 2.79. The number of anilines is 1. The van der Waals surface area contributed by atoms with E-state index in [1.54, 1.807) is 30.3 Å². The second-order valence-corrected chi connectivity index (χ2v) is 6.48. The van der Waals surface area contributed by atoms with E-state index in [0.717, 1.165) is 27.8 Å². The topological polar surface area (TPSA) is 42.0 Å². The lowest BCUT2D eigenvalue weighted by molar-refractivity contribution is 0.102. The number of nitrogens with one attached hydrogen (secondary N) is 1. The van der Waals surface area contributed by atoms with Gasteiger partial charge in [-0.3, -0.25) is 4.79 Å². The number of hydrogen-bond donors (Lipinski definition) is 1. The molecule has 6 heteroatoms. The predicted molar refractivity (Wildman–Crippen MR) is 95.4 cm³/mol. The Balaban J connectivity index is 2.23. The maximum atomic E-state index is 12.3. The molecular weight excluding hydrogens is 422 g/mol. The first-order chi connectivity index (χ1) is 9.99. The summed E-state index contributed by atoms with van der Waals surface area (Å²) in [4.78, 5) is 16.5. The fraction of sp³-hybridized carbons (Fsp3) is 0.200. The number of halogens is 3. The van der Waals surface area contributed by atoms with Gasteiger partial charge in [-0.15, -0.1) is 0 Å². The molecule has 2 aromatic rings. The highest BCUT2D eigenvalue weighted by atomic mass is 127. The van der Waals surface area contributed by atoms with Crippen molar-refractivity contribution >= 4 is 57.4 Å². The van der Waals surface area contributed by atoms with Gasteiger partial charge in [-0.2, -0.15) is 0 Å². The maximum Gasteiger partial charge on any atom is 0.255 e. The molecule has 0 bridgehead atoms. The van der Waals surface area contributed by atoms with Crippen LogP contribution in [0.25, 0.3) is 0 Å². The first kappa shape index (κ1) is 16.5. The molecule has 0 spiro atoms. The molecule has 1 aromatic heterocycles. The second-order valence-electron chi connectivity index (χ2n) is 4.50. The number of aryl methyl sites for hydroxylation is 1. The van der Waals surface area contributed by atoms with E-state index >= 15 is 0 Å². The first-order valence-corrected chi connectivity index (χ1v) is 8.26. The number of benzene rings is 1. The maximum absolute atomic E-state index is 12.3. The first-order valence-electron chi connectivity index (χ1n) is 6.42. The number of pyridine rings is 1. The molecule has 3 nitrogen and oxygen atoms in total. The summed E-state index contributed by atoms with van der Waals surface area (Å²) >= 11 is 14.0.